The van der Waals surface area contributed by atoms with Crippen LogP contribution in [0.3, 0.4) is 0 Å². The van der Waals surface area contributed by atoms with E-state index >= 15 is 0 Å². The van der Waals surface area contributed by atoms with Crippen LogP contribution >= 0.6 is 0 Å². The average molecular weight is 305 g/mol. The first-order chi connectivity index (χ1) is 9.85. The van der Waals surface area contributed by atoms with Gasteiger partial charge in [0, 0.05) is 19.8 Å². The van der Waals surface area contributed by atoms with E-state index in [4.69, 9.17) is 5.26 Å². The maximum absolute atomic E-state index is 12.3. The minimum Gasteiger partial charge on any atom is -0.378 e. The molecular formula is C13H15N5O2S. The second-order valence-corrected chi connectivity index (χ2v) is 6.35. The Morgan fingerprint density at radius 3 is 2.62 bits per heavy atom. The summed E-state index contributed by atoms with van der Waals surface area (Å²) >= 11 is 0. The summed E-state index contributed by atoms with van der Waals surface area (Å²) in [5.74, 6) is 0. The van der Waals surface area contributed by atoms with Crippen molar-refractivity contribution in [3.63, 3.8) is 0 Å². The number of nitrogens with zero attached hydrogens (tertiary/aromatic N) is 3. The van der Waals surface area contributed by atoms with Crippen molar-refractivity contribution in [1.29, 1.82) is 5.26 Å². The van der Waals surface area contributed by atoms with Crippen LogP contribution in [-0.4, -0.2) is 32.7 Å². The highest BCUT2D eigenvalue weighted by atomic mass is 32.2. The van der Waals surface area contributed by atoms with Gasteiger partial charge in [0.1, 0.15) is 11.0 Å². The minimum absolute atomic E-state index is 0.0571. The van der Waals surface area contributed by atoms with Crippen molar-refractivity contribution < 1.29 is 8.42 Å². The molecule has 2 rings (SSSR count). The summed E-state index contributed by atoms with van der Waals surface area (Å²) in [5, 5.41) is 15.4. The van der Waals surface area contributed by atoms with Crippen molar-refractivity contribution in [1.82, 2.24) is 10.2 Å². The van der Waals surface area contributed by atoms with Gasteiger partial charge in [0.15, 0.2) is 0 Å². The van der Waals surface area contributed by atoms with Crippen molar-refractivity contribution in [3.05, 3.63) is 35.7 Å². The molecule has 0 atom stereocenters. The Kier molecular flexibility index (Phi) is 3.86. The van der Waals surface area contributed by atoms with E-state index in [9.17, 15) is 8.42 Å². The summed E-state index contributed by atoms with van der Waals surface area (Å²) in [7, 11) is -0.123. The molecule has 2 aromatic rings. The van der Waals surface area contributed by atoms with Crippen LogP contribution in [-0.2, 0) is 10.0 Å². The zero-order chi connectivity index (χ0) is 15.6. The van der Waals surface area contributed by atoms with Gasteiger partial charge in [0.2, 0.25) is 0 Å². The number of nitrogens with one attached hydrogen (secondary N) is 2. The van der Waals surface area contributed by atoms with Crippen molar-refractivity contribution >= 4 is 21.4 Å². The maximum atomic E-state index is 12.3. The number of aromatic nitrogens is 2. The normalized spacial score (nSPS) is 11.0. The highest BCUT2D eigenvalue weighted by Gasteiger charge is 2.20. The number of aromatic amines is 1. The molecule has 8 heteroatoms. The highest BCUT2D eigenvalue weighted by Crippen LogP contribution is 2.25. The molecule has 21 heavy (non-hydrogen) atoms. The summed E-state index contributed by atoms with van der Waals surface area (Å²) < 4.78 is 27.1. The first-order valence-corrected chi connectivity index (χ1v) is 7.57. The zero-order valence-corrected chi connectivity index (χ0v) is 12.7. The van der Waals surface area contributed by atoms with Gasteiger partial charge in [0.05, 0.1) is 23.1 Å². The number of H-pyrrole nitrogens is 1. The predicted octanol–water partition coefficient (Wildman–Crippen LogP) is 1.46. The lowest BCUT2D eigenvalue weighted by Crippen LogP contribution is -2.15. The fourth-order valence-electron chi connectivity index (χ4n) is 1.80. The van der Waals surface area contributed by atoms with Crippen molar-refractivity contribution in [2.24, 2.45) is 0 Å². The quantitative estimate of drug-likeness (QED) is 0.890. The summed E-state index contributed by atoms with van der Waals surface area (Å²) in [5.41, 5.74) is 1.72. The summed E-state index contributed by atoms with van der Waals surface area (Å²) in [4.78, 5) is 1.88. The fourth-order valence-corrected chi connectivity index (χ4v) is 3.01. The molecule has 0 amide bonds. The molecule has 0 saturated carbocycles. The highest BCUT2D eigenvalue weighted by molar-refractivity contribution is 7.92. The molecule has 7 nitrogen and oxygen atoms in total. The molecule has 0 aliphatic rings. The van der Waals surface area contributed by atoms with Crippen LogP contribution < -0.4 is 9.62 Å². The Morgan fingerprint density at radius 1 is 1.38 bits per heavy atom. The van der Waals surface area contributed by atoms with Crippen LogP contribution in [0.4, 0.5) is 11.4 Å². The fraction of sp³-hybridized carbons (Fsp3) is 0.231. The monoisotopic (exact) mass is 305 g/mol. The van der Waals surface area contributed by atoms with E-state index in [1.54, 1.807) is 25.1 Å². The third-order valence-corrected chi connectivity index (χ3v) is 4.44. The lowest BCUT2D eigenvalue weighted by Gasteiger charge is -2.15. The summed E-state index contributed by atoms with van der Waals surface area (Å²) in [6.45, 7) is 1.61. The van der Waals surface area contributed by atoms with Crippen molar-refractivity contribution in [3.8, 4) is 6.07 Å². The molecule has 2 N–H and O–H groups in total. The van der Waals surface area contributed by atoms with E-state index in [1.807, 2.05) is 25.1 Å². The van der Waals surface area contributed by atoms with E-state index in [1.165, 1.54) is 6.20 Å². The first-order valence-electron chi connectivity index (χ1n) is 6.09. The molecule has 0 aliphatic heterocycles. The Morgan fingerprint density at radius 2 is 2.10 bits per heavy atom. The number of hydrogen-bond donors (Lipinski definition) is 2. The number of hydrogen-bond acceptors (Lipinski definition) is 5. The number of aryl methyl sites for hydroxylation is 1. The summed E-state index contributed by atoms with van der Waals surface area (Å²) in [6.07, 6.45) is 1.24. The van der Waals surface area contributed by atoms with Gasteiger partial charge in [-0.2, -0.15) is 10.4 Å². The molecular weight excluding hydrogens is 290 g/mol. The number of benzene rings is 1. The van der Waals surface area contributed by atoms with E-state index in [0.29, 0.717) is 5.69 Å². The van der Waals surface area contributed by atoms with Crippen LogP contribution in [0, 0.1) is 18.3 Å². The lowest BCUT2D eigenvalue weighted by molar-refractivity contribution is 0.600. The SMILES string of the molecule is Cc1[nH]ncc1S(=O)(=O)Nc1cc(N(C)C)ccc1C#N. The number of sulfonamides is 1. The third kappa shape index (κ3) is 2.98. The van der Waals surface area contributed by atoms with E-state index in [0.717, 1.165) is 5.69 Å². The van der Waals surface area contributed by atoms with Gasteiger partial charge in [0.25, 0.3) is 10.0 Å². The van der Waals surface area contributed by atoms with Crippen molar-refractivity contribution in [2.75, 3.05) is 23.7 Å². The van der Waals surface area contributed by atoms with Crippen LogP contribution in [0.25, 0.3) is 0 Å². The number of nitriles is 1. The Hall–Kier alpha value is -2.53. The van der Waals surface area contributed by atoms with Crippen LogP contribution in [0.5, 0.6) is 0 Å². The van der Waals surface area contributed by atoms with Crippen LogP contribution in [0.1, 0.15) is 11.3 Å². The molecule has 0 aliphatic carbocycles. The second kappa shape index (κ2) is 5.46. The van der Waals surface area contributed by atoms with Crippen LogP contribution in [0.2, 0.25) is 0 Å². The van der Waals surface area contributed by atoms with E-state index in [2.05, 4.69) is 14.9 Å². The van der Waals surface area contributed by atoms with E-state index in [-0.39, 0.29) is 16.1 Å². The molecule has 1 heterocycles. The van der Waals surface area contributed by atoms with Gasteiger partial charge in [-0.05, 0) is 25.1 Å². The van der Waals surface area contributed by atoms with Gasteiger partial charge in [-0.3, -0.25) is 9.82 Å². The Labute approximate surface area is 123 Å². The Balaban J connectivity index is 2.46. The topological polar surface area (TPSA) is 102 Å². The third-order valence-electron chi connectivity index (χ3n) is 2.96. The molecule has 1 aromatic heterocycles. The second-order valence-electron chi connectivity index (χ2n) is 4.70. The van der Waals surface area contributed by atoms with Gasteiger partial charge in [-0.15, -0.1) is 0 Å². The molecule has 0 radical (unpaired) electrons. The number of anilines is 2. The first kappa shape index (κ1) is 14.9. The molecule has 1 aromatic carbocycles. The van der Waals surface area contributed by atoms with Gasteiger partial charge in [-0.25, -0.2) is 8.42 Å². The largest absolute Gasteiger partial charge is 0.378 e. The van der Waals surface area contributed by atoms with Crippen LogP contribution in [0.15, 0.2) is 29.3 Å². The molecule has 0 bridgehead atoms. The summed E-state index contributed by atoms with van der Waals surface area (Å²) in [6, 6.07) is 6.92. The molecule has 110 valence electrons. The molecule has 0 unspecified atom stereocenters. The standard InChI is InChI=1S/C13H15N5O2S/c1-9-13(8-15-16-9)21(19,20)17-12-6-11(18(2)3)5-4-10(12)7-14/h4-6,8,17H,1-3H3,(H,15,16). The zero-order valence-electron chi connectivity index (χ0n) is 11.9. The van der Waals surface area contributed by atoms with E-state index < -0.39 is 10.0 Å². The number of rotatable bonds is 4. The minimum atomic E-state index is -3.79. The molecule has 0 spiro atoms. The molecule has 0 saturated heterocycles. The maximum Gasteiger partial charge on any atom is 0.265 e. The average Bonchev–Trinajstić information content (AvgIpc) is 2.85. The lowest BCUT2D eigenvalue weighted by atomic mass is 10.2. The van der Waals surface area contributed by atoms with Gasteiger partial charge < -0.3 is 4.90 Å². The smallest absolute Gasteiger partial charge is 0.265 e. The molecule has 0 fully saturated rings. The van der Waals surface area contributed by atoms with Crippen molar-refractivity contribution in [2.45, 2.75) is 11.8 Å². The van der Waals surface area contributed by atoms with Gasteiger partial charge in [-0.1, -0.05) is 0 Å². The van der Waals surface area contributed by atoms with Gasteiger partial charge >= 0.3 is 0 Å². The Bertz CT molecular complexity index is 802. The predicted molar refractivity (Wildman–Crippen MR) is 79.6 cm³/mol.